The average Bonchev–Trinajstić information content (AvgIpc) is 2.69. The molecule has 2 heterocycles. The summed E-state index contributed by atoms with van der Waals surface area (Å²) >= 11 is 0. The molecule has 0 unspecified atom stereocenters. The Labute approximate surface area is 94.5 Å². The normalized spacial score (nSPS) is 10.4. The molecule has 0 aliphatic rings. The van der Waals surface area contributed by atoms with Crippen LogP contribution in [0.2, 0.25) is 0 Å². The molecule has 0 saturated carbocycles. The van der Waals surface area contributed by atoms with Gasteiger partial charge < -0.3 is 9.88 Å². The van der Waals surface area contributed by atoms with Crippen LogP contribution in [0.15, 0.2) is 24.5 Å². The van der Waals surface area contributed by atoms with Gasteiger partial charge in [-0.15, -0.1) is 10.2 Å². The zero-order valence-corrected chi connectivity index (χ0v) is 9.51. The minimum absolute atomic E-state index is 0.793. The maximum atomic E-state index is 4.13. The van der Waals surface area contributed by atoms with E-state index in [9.17, 15) is 0 Å². The monoisotopic (exact) mass is 217 g/mol. The van der Waals surface area contributed by atoms with Gasteiger partial charge in [0.1, 0.15) is 5.82 Å². The average molecular weight is 217 g/mol. The van der Waals surface area contributed by atoms with Crippen molar-refractivity contribution in [3.05, 3.63) is 35.9 Å². The zero-order valence-electron chi connectivity index (χ0n) is 9.51. The number of nitrogens with one attached hydrogen (secondary N) is 1. The van der Waals surface area contributed by atoms with Crippen molar-refractivity contribution in [3.63, 3.8) is 0 Å². The highest BCUT2D eigenvalue weighted by Gasteiger charge is 2.06. The first-order valence-electron chi connectivity index (χ1n) is 5.26. The van der Waals surface area contributed by atoms with Crippen molar-refractivity contribution < 1.29 is 0 Å². The molecule has 2 aromatic heterocycles. The van der Waals surface area contributed by atoms with Gasteiger partial charge in [-0.3, -0.25) is 4.98 Å². The van der Waals surface area contributed by atoms with Crippen molar-refractivity contribution in [1.82, 2.24) is 19.7 Å². The van der Waals surface area contributed by atoms with E-state index in [4.69, 9.17) is 0 Å². The first kappa shape index (κ1) is 10.6. The Morgan fingerprint density at radius 2 is 2.19 bits per heavy atom. The summed E-state index contributed by atoms with van der Waals surface area (Å²) in [6.07, 6.45) is 5.47. The van der Waals surface area contributed by atoms with Gasteiger partial charge in [-0.1, -0.05) is 6.07 Å². The summed E-state index contributed by atoms with van der Waals surface area (Å²) in [5.74, 6) is 1.77. The van der Waals surface area contributed by atoms with Crippen LogP contribution in [0.3, 0.4) is 0 Å². The number of hydrogen-bond acceptors (Lipinski definition) is 4. The van der Waals surface area contributed by atoms with Gasteiger partial charge in [0.25, 0.3) is 0 Å². The Bertz CT molecular complexity index is 449. The van der Waals surface area contributed by atoms with Gasteiger partial charge in [-0.2, -0.15) is 0 Å². The molecule has 0 aliphatic heterocycles. The summed E-state index contributed by atoms with van der Waals surface area (Å²) in [7, 11) is 3.80. The van der Waals surface area contributed by atoms with Crippen molar-refractivity contribution in [2.24, 2.45) is 7.05 Å². The fourth-order valence-electron chi connectivity index (χ4n) is 1.60. The highest BCUT2D eigenvalue weighted by molar-refractivity contribution is 5.24. The predicted molar refractivity (Wildman–Crippen MR) is 62.2 cm³/mol. The van der Waals surface area contributed by atoms with Crippen LogP contribution < -0.4 is 5.32 Å². The van der Waals surface area contributed by atoms with E-state index in [1.54, 1.807) is 6.20 Å². The predicted octanol–water partition coefficient (Wildman–Crippen LogP) is 1.04. The number of rotatable bonds is 4. The van der Waals surface area contributed by atoms with Gasteiger partial charge >= 0.3 is 0 Å². The molecule has 0 amide bonds. The summed E-state index contributed by atoms with van der Waals surface area (Å²) in [4.78, 5) is 4.09. The molecule has 5 heteroatoms. The Balaban J connectivity index is 2.02. The Morgan fingerprint density at radius 3 is 2.81 bits per heavy atom. The molecular weight excluding hydrogens is 202 g/mol. The Morgan fingerprint density at radius 1 is 1.31 bits per heavy atom. The molecule has 0 aliphatic carbocycles. The quantitative estimate of drug-likeness (QED) is 0.831. The maximum Gasteiger partial charge on any atom is 0.224 e. The molecule has 0 saturated heterocycles. The third-order valence-corrected chi connectivity index (χ3v) is 2.55. The molecule has 0 spiro atoms. The molecule has 0 atom stereocenters. The topological polar surface area (TPSA) is 55.6 Å². The molecule has 0 bridgehead atoms. The molecule has 84 valence electrons. The third-order valence-electron chi connectivity index (χ3n) is 2.55. The lowest BCUT2D eigenvalue weighted by molar-refractivity contribution is 0.771. The van der Waals surface area contributed by atoms with Crippen LogP contribution in [0, 0.1) is 0 Å². The molecule has 0 fully saturated rings. The number of hydrogen-bond donors (Lipinski definition) is 1. The van der Waals surface area contributed by atoms with Crippen LogP contribution >= 0.6 is 0 Å². The molecule has 0 radical (unpaired) electrons. The lowest BCUT2D eigenvalue weighted by Gasteiger charge is -2.02. The fraction of sp³-hybridized carbons (Fsp3) is 0.364. The first-order valence-corrected chi connectivity index (χ1v) is 5.26. The van der Waals surface area contributed by atoms with Crippen molar-refractivity contribution in [2.75, 3.05) is 12.4 Å². The van der Waals surface area contributed by atoms with E-state index in [1.165, 1.54) is 5.56 Å². The highest BCUT2D eigenvalue weighted by Crippen LogP contribution is 2.07. The van der Waals surface area contributed by atoms with Gasteiger partial charge in [0.05, 0.1) is 0 Å². The van der Waals surface area contributed by atoms with Crippen LogP contribution in [0.5, 0.6) is 0 Å². The lowest BCUT2D eigenvalue weighted by Crippen LogP contribution is -2.03. The summed E-state index contributed by atoms with van der Waals surface area (Å²) in [5, 5.41) is 11.2. The third kappa shape index (κ3) is 2.18. The maximum absolute atomic E-state index is 4.13. The second kappa shape index (κ2) is 4.74. The molecule has 2 rings (SSSR count). The van der Waals surface area contributed by atoms with Gasteiger partial charge in [-0.05, 0) is 18.1 Å². The summed E-state index contributed by atoms with van der Waals surface area (Å²) < 4.78 is 1.97. The van der Waals surface area contributed by atoms with Crippen molar-refractivity contribution >= 4 is 5.95 Å². The van der Waals surface area contributed by atoms with E-state index in [2.05, 4.69) is 26.6 Å². The molecule has 0 aromatic carbocycles. The molecule has 16 heavy (non-hydrogen) atoms. The molecule has 2 aromatic rings. The van der Waals surface area contributed by atoms with Crippen LogP contribution in [-0.4, -0.2) is 26.8 Å². The smallest absolute Gasteiger partial charge is 0.224 e. The van der Waals surface area contributed by atoms with E-state index < -0.39 is 0 Å². The van der Waals surface area contributed by atoms with Gasteiger partial charge in [0.15, 0.2) is 0 Å². The number of nitrogens with zero attached hydrogens (tertiary/aromatic N) is 4. The van der Waals surface area contributed by atoms with Crippen molar-refractivity contribution in [1.29, 1.82) is 0 Å². The van der Waals surface area contributed by atoms with Crippen molar-refractivity contribution in [2.45, 2.75) is 12.8 Å². The lowest BCUT2D eigenvalue weighted by atomic mass is 10.1. The van der Waals surface area contributed by atoms with Crippen LogP contribution in [0.1, 0.15) is 11.4 Å². The van der Waals surface area contributed by atoms with Crippen LogP contribution in [0.25, 0.3) is 0 Å². The standard InChI is InChI=1S/C11H15N5/c1-12-11-15-14-10(16(11)2)6-5-9-4-3-7-13-8-9/h3-4,7-8H,5-6H2,1-2H3,(H,12,15). The Kier molecular flexibility index (Phi) is 3.14. The molecule has 1 N–H and O–H groups in total. The SMILES string of the molecule is CNc1nnc(CCc2cccnc2)n1C. The summed E-state index contributed by atoms with van der Waals surface area (Å²) in [5.41, 5.74) is 1.22. The fourth-order valence-corrected chi connectivity index (χ4v) is 1.60. The first-order chi connectivity index (χ1) is 7.81. The summed E-state index contributed by atoms with van der Waals surface area (Å²) in [6, 6.07) is 4.02. The number of anilines is 1. The van der Waals surface area contributed by atoms with E-state index in [0.717, 1.165) is 24.6 Å². The minimum Gasteiger partial charge on any atom is -0.357 e. The van der Waals surface area contributed by atoms with E-state index in [0.29, 0.717) is 0 Å². The largest absolute Gasteiger partial charge is 0.357 e. The van der Waals surface area contributed by atoms with Crippen LogP contribution in [-0.2, 0) is 19.9 Å². The zero-order chi connectivity index (χ0) is 11.4. The second-order valence-corrected chi connectivity index (χ2v) is 3.61. The van der Waals surface area contributed by atoms with Gasteiger partial charge in [0.2, 0.25) is 5.95 Å². The van der Waals surface area contributed by atoms with Gasteiger partial charge in [0, 0.05) is 32.9 Å². The summed E-state index contributed by atoms with van der Waals surface area (Å²) in [6.45, 7) is 0. The van der Waals surface area contributed by atoms with Crippen LogP contribution in [0.4, 0.5) is 5.95 Å². The van der Waals surface area contributed by atoms with Crippen molar-refractivity contribution in [3.8, 4) is 0 Å². The Hall–Kier alpha value is -1.91. The number of aryl methyl sites for hydroxylation is 2. The van der Waals surface area contributed by atoms with Gasteiger partial charge in [-0.25, -0.2) is 0 Å². The second-order valence-electron chi connectivity index (χ2n) is 3.61. The van der Waals surface area contributed by atoms with E-state index in [-0.39, 0.29) is 0 Å². The number of pyridine rings is 1. The van der Waals surface area contributed by atoms with E-state index in [1.807, 2.05) is 30.9 Å². The minimum atomic E-state index is 0.793. The number of aromatic nitrogens is 4. The van der Waals surface area contributed by atoms with E-state index >= 15 is 0 Å². The highest BCUT2D eigenvalue weighted by atomic mass is 15.3. The molecule has 5 nitrogen and oxygen atoms in total. The molecular formula is C11H15N5.